The molecule has 0 aliphatic heterocycles. The van der Waals surface area contributed by atoms with Crippen LogP contribution in [0.4, 0.5) is 0 Å². The van der Waals surface area contributed by atoms with E-state index in [4.69, 9.17) is 4.74 Å². The lowest BCUT2D eigenvalue weighted by molar-refractivity contribution is -0.159. The van der Waals surface area contributed by atoms with Crippen molar-refractivity contribution >= 4 is 17.5 Å². The van der Waals surface area contributed by atoms with Crippen LogP contribution in [-0.2, 0) is 19.1 Å². The molecule has 0 aromatic carbocycles. The average Bonchev–Trinajstić information content (AvgIpc) is 2.25. The van der Waals surface area contributed by atoms with E-state index < -0.39 is 11.8 Å². The summed E-state index contributed by atoms with van der Waals surface area (Å²) >= 11 is 0. The van der Waals surface area contributed by atoms with Crippen molar-refractivity contribution in [1.82, 2.24) is 0 Å². The molecule has 110 valence electrons. The molecule has 0 atom stereocenters. The van der Waals surface area contributed by atoms with E-state index in [-0.39, 0.29) is 28.3 Å². The van der Waals surface area contributed by atoms with Crippen molar-refractivity contribution in [1.29, 1.82) is 0 Å². The van der Waals surface area contributed by atoms with Crippen LogP contribution in [0.5, 0.6) is 0 Å². The quantitative estimate of drug-likeness (QED) is 0.442. The number of esters is 1. The first-order valence-corrected chi connectivity index (χ1v) is 6.62. The topological polar surface area (TPSA) is 60.4 Å². The number of hydrogen-bond acceptors (Lipinski definition) is 4. The van der Waals surface area contributed by atoms with Crippen LogP contribution in [0.2, 0.25) is 0 Å². The monoisotopic (exact) mass is 278 g/mol. The molecule has 0 aromatic rings. The van der Waals surface area contributed by atoms with Gasteiger partial charge in [0.1, 0.15) is 11.7 Å². The summed E-state index contributed by atoms with van der Waals surface area (Å²) in [5.41, 5.74) is -0.742. The van der Waals surface area contributed by atoms with E-state index >= 15 is 0 Å². The van der Waals surface area contributed by atoms with Crippen molar-refractivity contribution in [2.45, 2.75) is 47.6 Å². The first-order chi connectivity index (χ1) is 8.93. The minimum absolute atomic E-state index is 0.198. The Bertz CT molecular complexity index is 482. The Morgan fingerprint density at radius 2 is 1.50 bits per heavy atom. The smallest absolute Gasteiger partial charge is 0.342 e. The zero-order valence-electron chi connectivity index (χ0n) is 12.9. The molecule has 0 heterocycles. The Morgan fingerprint density at radius 1 is 1.00 bits per heavy atom. The maximum absolute atomic E-state index is 12.2. The largest absolute Gasteiger partial charge is 0.458 e. The summed E-state index contributed by atoms with van der Waals surface area (Å²) in [6, 6.07) is 0. The molecule has 0 N–H and O–H groups in total. The predicted octanol–water partition coefficient (Wildman–Crippen LogP) is 2.62. The molecule has 0 bridgehead atoms. The molecule has 4 heteroatoms. The maximum atomic E-state index is 12.2. The van der Waals surface area contributed by atoms with Crippen LogP contribution in [0.1, 0.15) is 41.5 Å². The summed E-state index contributed by atoms with van der Waals surface area (Å²) < 4.78 is 5.52. The van der Waals surface area contributed by atoms with Gasteiger partial charge in [0.15, 0.2) is 11.6 Å². The van der Waals surface area contributed by atoms with Crippen molar-refractivity contribution in [2.24, 2.45) is 10.8 Å². The highest BCUT2D eigenvalue weighted by molar-refractivity contribution is 6.28. The van der Waals surface area contributed by atoms with Crippen LogP contribution >= 0.6 is 0 Å². The number of hydrogen-bond donors (Lipinski definition) is 0. The lowest BCUT2D eigenvalue weighted by Gasteiger charge is -2.39. The first kappa shape index (κ1) is 16.3. The van der Waals surface area contributed by atoms with Gasteiger partial charge >= 0.3 is 5.97 Å². The van der Waals surface area contributed by atoms with Gasteiger partial charge < -0.3 is 4.74 Å². The molecule has 0 saturated heterocycles. The molecule has 0 spiro atoms. The molecule has 0 fully saturated rings. The molecule has 0 radical (unpaired) electrons. The number of rotatable bonds is 2. The highest BCUT2D eigenvalue weighted by Crippen LogP contribution is 2.36. The van der Waals surface area contributed by atoms with Gasteiger partial charge in [-0.15, -0.1) is 0 Å². The van der Waals surface area contributed by atoms with E-state index in [0.717, 1.165) is 18.2 Å². The van der Waals surface area contributed by atoms with Crippen LogP contribution in [-0.4, -0.2) is 23.6 Å². The summed E-state index contributed by atoms with van der Waals surface area (Å²) in [4.78, 5) is 35.1. The Labute approximate surface area is 119 Å². The molecule has 1 rings (SSSR count). The molecule has 0 saturated carbocycles. The number of ether oxygens (including phenoxy) is 1. The molecule has 0 amide bonds. The third-order valence-electron chi connectivity index (χ3n) is 2.97. The summed E-state index contributed by atoms with van der Waals surface area (Å²) in [5, 5.41) is 0. The van der Waals surface area contributed by atoms with Gasteiger partial charge in [-0.05, 0) is 23.0 Å². The third kappa shape index (κ3) is 3.89. The van der Waals surface area contributed by atoms with Gasteiger partial charge in [-0.3, -0.25) is 9.59 Å². The Hall–Kier alpha value is -1.71. The van der Waals surface area contributed by atoms with E-state index in [0.29, 0.717) is 0 Å². The fourth-order valence-corrected chi connectivity index (χ4v) is 2.49. The van der Waals surface area contributed by atoms with Crippen LogP contribution < -0.4 is 0 Å². The van der Waals surface area contributed by atoms with E-state index in [1.54, 1.807) is 0 Å². The fraction of sp³-hybridized carbons (Fsp3) is 0.562. The molecular formula is C16H22O4. The maximum Gasteiger partial charge on any atom is 0.342 e. The van der Waals surface area contributed by atoms with Gasteiger partial charge in [0.25, 0.3) is 0 Å². The standard InChI is InChI=1S/C16H22O4/c1-15(2,3)14(16(4,5)6)20-13(19)11-9-10(17)7-8-12(11)18/h7-9,14H,1-6H3. The SMILES string of the molecule is CC(C)(C)C(OC(=O)C1=CC(=O)C=CC1=O)C(C)(C)C. The summed E-state index contributed by atoms with van der Waals surface area (Å²) in [6.07, 6.45) is 2.90. The van der Waals surface area contributed by atoms with Crippen LogP contribution in [0, 0.1) is 10.8 Å². The molecule has 0 unspecified atom stereocenters. The molecule has 1 aliphatic carbocycles. The van der Waals surface area contributed by atoms with Crippen molar-refractivity contribution in [3.8, 4) is 0 Å². The summed E-state index contributed by atoms with van der Waals surface area (Å²) in [7, 11) is 0. The Balaban J connectivity index is 2.99. The number of allylic oxidation sites excluding steroid dienone is 3. The van der Waals surface area contributed by atoms with E-state index in [9.17, 15) is 14.4 Å². The molecule has 4 nitrogen and oxygen atoms in total. The zero-order valence-corrected chi connectivity index (χ0v) is 12.9. The molecular weight excluding hydrogens is 256 g/mol. The summed E-state index contributed by atoms with van der Waals surface area (Å²) in [5.74, 6) is -1.60. The number of carbonyl (C=O) groups is 3. The van der Waals surface area contributed by atoms with Gasteiger partial charge in [0.2, 0.25) is 0 Å². The van der Waals surface area contributed by atoms with E-state index in [1.807, 2.05) is 41.5 Å². The van der Waals surface area contributed by atoms with Gasteiger partial charge in [-0.2, -0.15) is 0 Å². The van der Waals surface area contributed by atoms with Gasteiger partial charge in [-0.1, -0.05) is 41.5 Å². The Kier molecular flexibility index (Phi) is 4.37. The first-order valence-electron chi connectivity index (χ1n) is 6.62. The van der Waals surface area contributed by atoms with Crippen molar-refractivity contribution in [3.63, 3.8) is 0 Å². The van der Waals surface area contributed by atoms with Crippen LogP contribution in [0.25, 0.3) is 0 Å². The third-order valence-corrected chi connectivity index (χ3v) is 2.97. The highest BCUT2D eigenvalue weighted by Gasteiger charge is 2.39. The van der Waals surface area contributed by atoms with Crippen molar-refractivity contribution < 1.29 is 19.1 Å². The zero-order chi connectivity index (χ0) is 15.7. The lowest BCUT2D eigenvalue weighted by atomic mass is 9.74. The average molecular weight is 278 g/mol. The summed E-state index contributed by atoms with van der Waals surface area (Å²) in [6.45, 7) is 11.8. The molecule has 0 aromatic heterocycles. The number of ketones is 2. The fourth-order valence-electron chi connectivity index (χ4n) is 2.49. The minimum atomic E-state index is -0.734. The van der Waals surface area contributed by atoms with E-state index in [2.05, 4.69) is 0 Å². The Morgan fingerprint density at radius 3 is 1.95 bits per heavy atom. The lowest BCUT2D eigenvalue weighted by Crippen LogP contribution is -2.42. The molecule has 20 heavy (non-hydrogen) atoms. The highest BCUT2D eigenvalue weighted by atomic mass is 16.5. The van der Waals surface area contributed by atoms with Crippen molar-refractivity contribution in [3.05, 3.63) is 23.8 Å². The predicted molar refractivity (Wildman–Crippen MR) is 76.0 cm³/mol. The second-order valence-corrected chi connectivity index (χ2v) is 7.18. The van der Waals surface area contributed by atoms with Gasteiger partial charge in [-0.25, -0.2) is 4.79 Å². The second kappa shape index (κ2) is 5.35. The van der Waals surface area contributed by atoms with Crippen LogP contribution in [0.3, 0.4) is 0 Å². The number of carbonyl (C=O) groups excluding carboxylic acids is 3. The van der Waals surface area contributed by atoms with Gasteiger partial charge in [0, 0.05) is 6.08 Å². The van der Waals surface area contributed by atoms with Crippen molar-refractivity contribution in [2.75, 3.05) is 0 Å². The normalized spacial score (nSPS) is 16.4. The van der Waals surface area contributed by atoms with E-state index in [1.165, 1.54) is 0 Å². The second-order valence-electron chi connectivity index (χ2n) is 7.18. The van der Waals surface area contributed by atoms with Gasteiger partial charge in [0.05, 0.1) is 0 Å². The molecule has 1 aliphatic rings. The van der Waals surface area contributed by atoms with Crippen LogP contribution in [0.15, 0.2) is 23.8 Å². The minimum Gasteiger partial charge on any atom is -0.458 e.